The maximum absolute atomic E-state index is 13.5. The van der Waals surface area contributed by atoms with Crippen molar-refractivity contribution in [3.8, 4) is 11.3 Å². The van der Waals surface area contributed by atoms with Gasteiger partial charge in [0.15, 0.2) is 5.13 Å². The summed E-state index contributed by atoms with van der Waals surface area (Å²) in [5.41, 5.74) is 17.8. The van der Waals surface area contributed by atoms with E-state index < -0.39 is 6.03 Å². The molecule has 0 bridgehead atoms. The molecule has 0 aliphatic heterocycles. The van der Waals surface area contributed by atoms with E-state index in [0.717, 1.165) is 52.9 Å². The highest BCUT2D eigenvalue weighted by Gasteiger charge is 2.29. The van der Waals surface area contributed by atoms with Crippen molar-refractivity contribution < 1.29 is 9.59 Å². The Bertz CT molecular complexity index is 1450. The Hall–Kier alpha value is -4.01. The van der Waals surface area contributed by atoms with Crippen LogP contribution in [0.1, 0.15) is 50.7 Å². The Kier molecular flexibility index (Phi) is 7.53. The molecule has 0 unspecified atom stereocenters. The highest BCUT2D eigenvalue weighted by atomic mass is 32.1. The van der Waals surface area contributed by atoms with Crippen molar-refractivity contribution in [3.63, 3.8) is 0 Å². The molecule has 1 aliphatic carbocycles. The predicted molar refractivity (Wildman–Crippen MR) is 153 cm³/mol. The van der Waals surface area contributed by atoms with Crippen molar-refractivity contribution in [2.75, 3.05) is 11.4 Å². The number of nitrogens with two attached hydrogens (primary N) is 2. The van der Waals surface area contributed by atoms with Crippen LogP contribution < -0.4 is 21.7 Å². The van der Waals surface area contributed by atoms with Crippen molar-refractivity contribution in [3.05, 3.63) is 99.9 Å². The number of thiazole rings is 1. The highest BCUT2D eigenvalue weighted by Crippen LogP contribution is 2.43. The summed E-state index contributed by atoms with van der Waals surface area (Å²) < 4.78 is 0. The van der Waals surface area contributed by atoms with Crippen LogP contribution in [-0.2, 0) is 13.0 Å². The summed E-state index contributed by atoms with van der Waals surface area (Å²) in [5, 5.41) is 3.36. The summed E-state index contributed by atoms with van der Waals surface area (Å²) in [6, 6.07) is 23.1. The number of anilines is 2. The Morgan fingerprint density at radius 1 is 1.03 bits per heavy atom. The number of aromatic nitrogens is 1. The second-order valence-corrected chi connectivity index (χ2v) is 10.5. The molecular formula is C30H31N5O2S. The lowest BCUT2D eigenvalue weighted by Crippen LogP contribution is -2.32. The van der Waals surface area contributed by atoms with Crippen LogP contribution in [0.5, 0.6) is 0 Å². The molecule has 5 rings (SSSR count). The van der Waals surface area contributed by atoms with Crippen molar-refractivity contribution in [2.45, 2.75) is 38.6 Å². The average molecular weight is 526 g/mol. The minimum atomic E-state index is -0.643. The van der Waals surface area contributed by atoms with Crippen LogP contribution in [0.25, 0.3) is 11.3 Å². The summed E-state index contributed by atoms with van der Waals surface area (Å²) in [6.07, 6.45) is 3.05. The summed E-state index contributed by atoms with van der Waals surface area (Å²) in [5.74, 6) is 0.258. The summed E-state index contributed by atoms with van der Waals surface area (Å²) in [7, 11) is 0. The molecule has 0 radical (unpaired) electrons. The van der Waals surface area contributed by atoms with E-state index in [1.807, 2.05) is 73.7 Å². The van der Waals surface area contributed by atoms with Gasteiger partial charge in [0.1, 0.15) is 4.88 Å². The molecule has 3 aromatic carbocycles. The van der Waals surface area contributed by atoms with Gasteiger partial charge in [-0.1, -0.05) is 78.1 Å². The number of benzene rings is 3. The number of primary amides is 1. The Balaban J connectivity index is 1.54. The van der Waals surface area contributed by atoms with Gasteiger partial charge in [0.05, 0.1) is 11.4 Å². The van der Waals surface area contributed by atoms with Gasteiger partial charge in [0.2, 0.25) is 0 Å². The maximum Gasteiger partial charge on any atom is 0.325 e. The van der Waals surface area contributed by atoms with Gasteiger partial charge in [-0.15, -0.1) is 0 Å². The summed E-state index contributed by atoms with van der Waals surface area (Å²) in [4.78, 5) is 32.9. The fourth-order valence-electron chi connectivity index (χ4n) is 4.46. The number of nitrogens with zero attached hydrogens (tertiary/aromatic N) is 2. The minimum Gasteiger partial charge on any atom is -0.351 e. The van der Waals surface area contributed by atoms with Crippen LogP contribution in [0.15, 0.2) is 72.8 Å². The topological polar surface area (TPSA) is 114 Å². The first-order valence-corrected chi connectivity index (χ1v) is 13.6. The number of amides is 3. The van der Waals surface area contributed by atoms with Gasteiger partial charge in [-0.25, -0.2) is 14.7 Å². The average Bonchev–Trinajstić information content (AvgIpc) is 3.69. The standard InChI is InChI=1S/C30H31N5O2S/c1-19-7-10-24(22-13-14-22)17-25(19)35(29(32)37)30-34-26(23-11-8-20(9-12-23)15-16-31)27(38-30)28(36)33-18-21-5-3-2-4-6-21/h2-12,17,22H,13-16,18,31H2,1H3,(H2,32,37)(H,33,36). The first kappa shape index (κ1) is 25.6. The lowest BCUT2D eigenvalue weighted by molar-refractivity contribution is 0.0955. The van der Waals surface area contributed by atoms with Gasteiger partial charge in [-0.05, 0) is 67.0 Å². The quantitative estimate of drug-likeness (QED) is 0.262. The number of carbonyl (C=O) groups excluding carboxylic acids is 2. The summed E-state index contributed by atoms with van der Waals surface area (Å²) in [6.45, 7) is 2.88. The molecule has 1 saturated carbocycles. The number of urea groups is 1. The fourth-order valence-corrected chi connectivity index (χ4v) is 5.49. The van der Waals surface area contributed by atoms with Crippen LogP contribution in [-0.4, -0.2) is 23.5 Å². The number of hydrogen-bond acceptors (Lipinski definition) is 5. The third-order valence-corrected chi connectivity index (χ3v) is 7.75. The molecule has 0 atom stereocenters. The van der Waals surface area contributed by atoms with Crippen LogP contribution in [0, 0.1) is 6.92 Å². The monoisotopic (exact) mass is 525 g/mol. The number of nitrogens with one attached hydrogen (secondary N) is 1. The van der Waals surface area contributed by atoms with Gasteiger partial charge in [-0.2, -0.15) is 0 Å². The first-order valence-electron chi connectivity index (χ1n) is 12.8. The highest BCUT2D eigenvalue weighted by molar-refractivity contribution is 7.18. The van der Waals surface area contributed by atoms with E-state index in [4.69, 9.17) is 16.5 Å². The van der Waals surface area contributed by atoms with E-state index in [1.165, 1.54) is 10.5 Å². The third kappa shape index (κ3) is 5.61. The molecule has 1 fully saturated rings. The molecule has 1 aliphatic rings. The maximum atomic E-state index is 13.5. The van der Waals surface area contributed by atoms with Crippen LogP contribution in [0.3, 0.4) is 0 Å². The third-order valence-electron chi connectivity index (χ3n) is 6.71. The molecule has 4 aromatic rings. The number of rotatable bonds is 9. The summed E-state index contributed by atoms with van der Waals surface area (Å²) >= 11 is 1.16. The molecule has 194 valence electrons. The minimum absolute atomic E-state index is 0.258. The van der Waals surface area contributed by atoms with E-state index >= 15 is 0 Å². The molecule has 1 heterocycles. The molecule has 7 nitrogen and oxygen atoms in total. The Labute approximate surface area is 226 Å². The number of carbonyl (C=O) groups is 2. The van der Waals surface area contributed by atoms with Gasteiger partial charge in [-0.3, -0.25) is 4.79 Å². The number of hydrogen-bond donors (Lipinski definition) is 3. The van der Waals surface area contributed by atoms with Crippen LogP contribution >= 0.6 is 11.3 Å². The van der Waals surface area contributed by atoms with Crippen LogP contribution in [0.4, 0.5) is 15.6 Å². The smallest absolute Gasteiger partial charge is 0.325 e. The van der Waals surface area contributed by atoms with Crippen molar-refractivity contribution >= 4 is 34.1 Å². The SMILES string of the molecule is Cc1ccc(C2CC2)cc1N(C(N)=O)c1nc(-c2ccc(CCN)cc2)c(C(=O)NCc2ccccc2)s1. The van der Waals surface area contributed by atoms with E-state index in [0.29, 0.717) is 40.4 Å². The predicted octanol–water partition coefficient (Wildman–Crippen LogP) is 5.64. The first-order chi connectivity index (χ1) is 18.4. The second-order valence-electron chi connectivity index (χ2n) is 9.57. The van der Waals surface area contributed by atoms with Crippen molar-refractivity contribution in [1.82, 2.24) is 10.3 Å². The lowest BCUT2D eigenvalue weighted by atomic mass is 10.1. The molecule has 38 heavy (non-hydrogen) atoms. The molecular weight excluding hydrogens is 494 g/mol. The molecule has 1 aromatic heterocycles. The zero-order valence-corrected chi connectivity index (χ0v) is 22.1. The lowest BCUT2D eigenvalue weighted by Gasteiger charge is -2.20. The fraction of sp³-hybridized carbons (Fsp3) is 0.233. The van der Waals surface area contributed by atoms with Crippen molar-refractivity contribution in [1.29, 1.82) is 0 Å². The zero-order valence-electron chi connectivity index (χ0n) is 21.3. The number of aryl methyl sites for hydroxylation is 1. The van der Waals surface area contributed by atoms with Gasteiger partial charge < -0.3 is 16.8 Å². The molecule has 3 amide bonds. The van der Waals surface area contributed by atoms with Gasteiger partial charge in [0, 0.05) is 12.1 Å². The Morgan fingerprint density at radius 2 is 1.76 bits per heavy atom. The Morgan fingerprint density at radius 3 is 2.42 bits per heavy atom. The molecule has 0 spiro atoms. The van der Waals surface area contributed by atoms with E-state index in [-0.39, 0.29) is 5.91 Å². The van der Waals surface area contributed by atoms with Crippen LogP contribution in [0.2, 0.25) is 0 Å². The van der Waals surface area contributed by atoms with E-state index in [2.05, 4.69) is 11.4 Å². The van der Waals surface area contributed by atoms with E-state index in [9.17, 15) is 9.59 Å². The second kappa shape index (κ2) is 11.2. The molecule has 5 N–H and O–H groups in total. The molecule has 0 saturated heterocycles. The largest absolute Gasteiger partial charge is 0.351 e. The van der Waals surface area contributed by atoms with E-state index in [1.54, 1.807) is 0 Å². The zero-order chi connectivity index (χ0) is 26.6. The van der Waals surface area contributed by atoms with Gasteiger partial charge >= 0.3 is 6.03 Å². The normalized spacial score (nSPS) is 12.8. The van der Waals surface area contributed by atoms with Crippen molar-refractivity contribution in [2.24, 2.45) is 11.5 Å². The molecule has 8 heteroatoms. The van der Waals surface area contributed by atoms with Gasteiger partial charge in [0.25, 0.3) is 5.91 Å².